The summed E-state index contributed by atoms with van der Waals surface area (Å²) in [6.07, 6.45) is 3.05. The highest BCUT2D eigenvalue weighted by molar-refractivity contribution is 6.06. The van der Waals surface area contributed by atoms with Gasteiger partial charge in [0.15, 0.2) is 17.3 Å². The minimum Gasteiger partial charge on any atom is -0.493 e. The highest BCUT2D eigenvalue weighted by atomic mass is 16.8. The van der Waals surface area contributed by atoms with Crippen molar-refractivity contribution in [2.45, 2.75) is 6.29 Å². The van der Waals surface area contributed by atoms with E-state index in [4.69, 9.17) is 23.7 Å². The van der Waals surface area contributed by atoms with Crippen LogP contribution in [0.5, 0.6) is 23.0 Å². The first-order valence-electron chi connectivity index (χ1n) is 8.05. The zero-order chi connectivity index (χ0) is 18.5. The van der Waals surface area contributed by atoms with Gasteiger partial charge < -0.3 is 23.7 Å². The van der Waals surface area contributed by atoms with Crippen molar-refractivity contribution in [1.82, 2.24) is 0 Å². The number of benzene rings is 2. The van der Waals surface area contributed by atoms with E-state index in [1.54, 1.807) is 63.8 Å². The first-order valence-corrected chi connectivity index (χ1v) is 8.05. The molecule has 2 aromatic carbocycles. The molecule has 0 spiro atoms. The zero-order valence-electron chi connectivity index (χ0n) is 14.9. The maximum absolute atomic E-state index is 12.4. The van der Waals surface area contributed by atoms with Gasteiger partial charge in [0.05, 0.1) is 21.3 Å². The fourth-order valence-corrected chi connectivity index (χ4v) is 2.42. The molecule has 0 aromatic heterocycles. The summed E-state index contributed by atoms with van der Waals surface area (Å²) in [4.78, 5) is 12.4. The molecule has 0 aliphatic carbocycles. The molecule has 0 radical (unpaired) electrons. The zero-order valence-corrected chi connectivity index (χ0v) is 14.9. The molecule has 2 aromatic rings. The normalized spacial score (nSPS) is 15.6. The van der Waals surface area contributed by atoms with Crippen LogP contribution in [0.1, 0.15) is 15.9 Å². The second kappa shape index (κ2) is 7.93. The fraction of sp³-hybridized carbons (Fsp3) is 0.250. The van der Waals surface area contributed by atoms with E-state index in [-0.39, 0.29) is 12.1 Å². The van der Waals surface area contributed by atoms with Crippen molar-refractivity contribution >= 4 is 11.9 Å². The highest BCUT2D eigenvalue weighted by Crippen LogP contribution is 2.38. The van der Waals surface area contributed by atoms with E-state index in [0.717, 1.165) is 5.56 Å². The van der Waals surface area contributed by atoms with Crippen LogP contribution in [-0.4, -0.2) is 40.0 Å². The lowest BCUT2D eigenvalue weighted by atomic mass is 10.1. The molecule has 0 N–H and O–H groups in total. The van der Waals surface area contributed by atoms with Gasteiger partial charge in [0.25, 0.3) is 0 Å². The molecule has 3 rings (SSSR count). The van der Waals surface area contributed by atoms with Gasteiger partial charge in [-0.2, -0.15) is 0 Å². The summed E-state index contributed by atoms with van der Waals surface area (Å²) in [5.41, 5.74) is 1.33. The third kappa shape index (κ3) is 4.15. The molecule has 1 aliphatic rings. The number of epoxide rings is 1. The predicted octanol–water partition coefficient (Wildman–Crippen LogP) is 3.34. The Morgan fingerprint density at radius 2 is 1.65 bits per heavy atom. The molecular formula is C20H20O6. The minimum absolute atomic E-state index is 0.118. The van der Waals surface area contributed by atoms with Gasteiger partial charge >= 0.3 is 0 Å². The number of hydrogen-bond donors (Lipinski definition) is 0. The Kier molecular flexibility index (Phi) is 5.43. The Morgan fingerprint density at radius 3 is 2.15 bits per heavy atom. The van der Waals surface area contributed by atoms with Crippen LogP contribution in [0.15, 0.2) is 42.5 Å². The molecule has 26 heavy (non-hydrogen) atoms. The Bertz CT molecular complexity index is 781. The van der Waals surface area contributed by atoms with Crippen LogP contribution in [-0.2, 0) is 4.74 Å². The standard InChI is InChI=1S/C20H20O6/c1-22-17-10-13(11-18(23-2)20(17)24-3)4-9-16(21)14-5-7-15(8-6-14)26-19-12-25-19/h4-11,19H,12H2,1-3H3/b9-4+. The Hall–Kier alpha value is -2.99. The number of ether oxygens (including phenoxy) is 5. The number of methoxy groups -OCH3 is 3. The van der Waals surface area contributed by atoms with E-state index in [2.05, 4.69) is 0 Å². The molecule has 1 fully saturated rings. The molecule has 1 aliphatic heterocycles. The van der Waals surface area contributed by atoms with Gasteiger partial charge in [-0.25, -0.2) is 0 Å². The van der Waals surface area contributed by atoms with Crippen LogP contribution in [0.25, 0.3) is 6.08 Å². The molecule has 136 valence electrons. The third-order valence-corrected chi connectivity index (χ3v) is 3.82. The van der Waals surface area contributed by atoms with Crippen molar-refractivity contribution in [2.24, 2.45) is 0 Å². The monoisotopic (exact) mass is 356 g/mol. The minimum atomic E-state index is -0.156. The summed E-state index contributed by atoms with van der Waals surface area (Å²) in [6.45, 7) is 0.609. The number of carbonyl (C=O) groups excluding carboxylic acids is 1. The van der Waals surface area contributed by atoms with Crippen LogP contribution in [0.3, 0.4) is 0 Å². The number of carbonyl (C=O) groups is 1. The van der Waals surface area contributed by atoms with Gasteiger partial charge in [0.2, 0.25) is 12.0 Å². The Balaban J connectivity index is 1.74. The van der Waals surface area contributed by atoms with Crippen molar-refractivity contribution < 1.29 is 28.5 Å². The van der Waals surface area contributed by atoms with Crippen LogP contribution in [0.4, 0.5) is 0 Å². The van der Waals surface area contributed by atoms with Crippen molar-refractivity contribution in [3.63, 3.8) is 0 Å². The Morgan fingerprint density at radius 1 is 1.04 bits per heavy atom. The molecule has 0 saturated carbocycles. The van der Waals surface area contributed by atoms with E-state index in [0.29, 0.717) is 35.2 Å². The average Bonchev–Trinajstić information content (AvgIpc) is 3.49. The maximum atomic E-state index is 12.4. The van der Waals surface area contributed by atoms with Gasteiger partial charge in [-0.15, -0.1) is 0 Å². The summed E-state index contributed by atoms with van der Waals surface area (Å²) in [5.74, 6) is 2.13. The van der Waals surface area contributed by atoms with Crippen molar-refractivity contribution in [2.75, 3.05) is 27.9 Å². The summed E-state index contributed by atoms with van der Waals surface area (Å²) in [5, 5.41) is 0. The Labute approximate surface area is 151 Å². The second-order valence-electron chi connectivity index (χ2n) is 5.56. The lowest BCUT2D eigenvalue weighted by Crippen LogP contribution is -1.99. The van der Waals surface area contributed by atoms with Crippen molar-refractivity contribution in [1.29, 1.82) is 0 Å². The average molecular weight is 356 g/mol. The first kappa shape index (κ1) is 17.8. The van der Waals surface area contributed by atoms with Gasteiger partial charge in [0.1, 0.15) is 12.4 Å². The van der Waals surface area contributed by atoms with Gasteiger partial charge in [-0.05, 0) is 48.0 Å². The number of rotatable bonds is 8. The van der Waals surface area contributed by atoms with E-state index < -0.39 is 0 Å². The predicted molar refractivity (Wildman–Crippen MR) is 96.3 cm³/mol. The summed E-state index contributed by atoms with van der Waals surface area (Å²) in [6, 6.07) is 10.5. The smallest absolute Gasteiger partial charge is 0.223 e. The number of allylic oxidation sites excluding steroid dienone is 1. The fourth-order valence-electron chi connectivity index (χ4n) is 2.42. The van der Waals surface area contributed by atoms with E-state index in [1.807, 2.05) is 0 Å². The van der Waals surface area contributed by atoms with E-state index >= 15 is 0 Å². The SMILES string of the molecule is COc1cc(/C=C/C(=O)c2ccc(OC3CO3)cc2)cc(OC)c1OC. The molecular weight excluding hydrogens is 336 g/mol. The second-order valence-corrected chi connectivity index (χ2v) is 5.56. The lowest BCUT2D eigenvalue weighted by Gasteiger charge is -2.12. The molecule has 6 heteroatoms. The van der Waals surface area contributed by atoms with Gasteiger partial charge in [0, 0.05) is 5.56 Å². The third-order valence-electron chi connectivity index (χ3n) is 3.82. The summed E-state index contributed by atoms with van der Waals surface area (Å²) in [7, 11) is 4.64. The van der Waals surface area contributed by atoms with Crippen LogP contribution in [0, 0.1) is 0 Å². The van der Waals surface area contributed by atoms with E-state index in [9.17, 15) is 4.79 Å². The van der Waals surface area contributed by atoms with Gasteiger partial charge in [-0.1, -0.05) is 6.08 Å². The number of ketones is 1. The van der Waals surface area contributed by atoms with Crippen molar-refractivity contribution in [3.8, 4) is 23.0 Å². The highest BCUT2D eigenvalue weighted by Gasteiger charge is 2.24. The van der Waals surface area contributed by atoms with Crippen LogP contribution < -0.4 is 18.9 Å². The van der Waals surface area contributed by atoms with Crippen LogP contribution >= 0.6 is 0 Å². The summed E-state index contributed by atoms with van der Waals surface area (Å²) < 4.78 is 26.4. The lowest BCUT2D eigenvalue weighted by molar-refractivity contribution is 0.104. The summed E-state index contributed by atoms with van der Waals surface area (Å²) >= 11 is 0. The topological polar surface area (TPSA) is 66.5 Å². The quantitative estimate of drug-likeness (QED) is 0.411. The van der Waals surface area contributed by atoms with Gasteiger partial charge in [-0.3, -0.25) is 4.79 Å². The molecule has 1 saturated heterocycles. The molecule has 0 amide bonds. The van der Waals surface area contributed by atoms with Crippen molar-refractivity contribution in [3.05, 3.63) is 53.6 Å². The van der Waals surface area contributed by atoms with E-state index in [1.165, 1.54) is 6.08 Å². The molecule has 1 heterocycles. The molecule has 1 atom stereocenters. The molecule has 0 bridgehead atoms. The van der Waals surface area contributed by atoms with Crippen LogP contribution in [0.2, 0.25) is 0 Å². The largest absolute Gasteiger partial charge is 0.493 e. The molecule has 6 nitrogen and oxygen atoms in total. The maximum Gasteiger partial charge on any atom is 0.223 e. The molecule has 1 unspecified atom stereocenters. The first-order chi connectivity index (χ1) is 12.6. The number of hydrogen-bond acceptors (Lipinski definition) is 6.